The third-order valence-electron chi connectivity index (χ3n) is 3.55. The van der Waals surface area contributed by atoms with Crippen molar-refractivity contribution in [1.29, 1.82) is 0 Å². The van der Waals surface area contributed by atoms with Crippen LogP contribution in [0.3, 0.4) is 0 Å². The highest BCUT2D eigenvalue weighted by Gasteiger charge is 2.41. The molecule has 0 aromatic carbocycles. The summed E-state index contributed by atoms with van der Waals surface area (Å²) >= 11 is 0. The maximum Gasteiger partial charge on any atom is 0.156 e. The number of Topliss-reactive ketones (excluding diaryl/α,β-unsaturated/α-hetero) is 1. The number of allylic oxidation sites excluding steroid dienone is 3. The van der Waals surface area contributed by atoms with Crippen molar-refractivity contribution < 1.29 is 4.79 Å². The largest absolute Gasteiger partial charge is 0.295 e. The summed E-state index contributed by atoms with van der Waals surface area (Å²) in [5, 5.41) is 0. The molecule has 0 aliphatic heterocycles. The molecule has 1 nitrogen and oxygen atoms in total. The Balaban J connectivity index is 2.45. The number of hydrogen-bond donors (Lipinski definition) is 0. The zero-order chi connectivity index (χ0) is 9.64. The van der Waals surface area contributed by atoms with E-state index in [1.165, 1.54) is 12.0 Å². The summed E-state index contributed by atoms with van der Waals surface area (Å²) in [5.74, 6) is 0.737. The second-order valence-corrected chi connectivity index (χ2v) is 4.68. The average molecular weight is 176 g/mol. The van der Waals surface area contributed by atoms with Crippen LogP contribution in [0.2, 0.25) is 0 Å². The van der Waals surface area contributed by atoms with Gasteiger partial charge in [-0.1, -0.05) is 25.2 Å². The van der Waals surface area contributed by atoms with Crippen LogP contribution in [-0.2, 0) is 4.79 Å². The second-order valence-electron chi connectivity index (χ2n) is 4.68. The van der Waals surface area contributed by atoms with E-state index in [9.17, 15) is 4.79 Å². The summed E-state index contributed by atoms with van der Waals surface area (Å²) in [4.78, 5) is 11.4. The zero-order valence-corrected chi connectivity index (χ0v) is 8.39. The number of hydrogen-bond acceptors (Lipinski definition) is 1. The molecule has 0 spiro atoms. The van der Waals surface area contributed by atoms with Gasteiger partial charge < -0.3 is 0 Å². The number of carbonyl (C=O) groups is 1. The van der Waals surface area contributed by atoms with Crippen molar-refractivity contribution in [2.24, 2.45) is 11.3 Å². The van der Waals surface area contributed by atoms with Crippen molar-refractivity contribution in [3.05, 3.63) is 23.8 Å². The third kappa shape index (κ3) is 1.18. The predicted octanol–water partition coefficient (Wildman–Crippen LogP) is 2.88. The van der Waals surface area contributed by atoms with Crippen molar-refractivity contribution >= 4 is 5.78 Å². The number of fused-ring (bicyclic) bond motifs is 2. The molecule has 70 valence electrons. The van der Waals surface area contributed by atoms with Gasteiger partial charge in [0.05, 0.1) is 0 Å². The SMILES string of the molecule is C=C1C[C@@]2(C)CC[C@@H]1C=C2C(C)=O. The molecular weight excluding hydrogens is 160 g/mol. The molecule has 13 heavy (non-hydrogen) atoms. The average Bonchev–Trinajstić information content (AvgIpc) is 2.02. The second kappa shape index (κ2) is 2.57. The fraction of sp³-hybridized carbons (Fsp3) is 0.583. The van der Waals surface area contributed by atoms with Crippen LogP contribution in [-0.4, -0.2) is 5.78 Å². The Labute approximate surface area is 79.5 Å². The van der Waals surface area contributed by atoms with Gasteiger partial charge in [0.1, 0.15) is 0 Å². The van der Waals surface area contributed by atoms with Gasteiger partial charge in [-0.05, 0) is 43.1 Å². The van der Waals surface area contributed by atoms with E-state index in [4.69, 9.17) is 0 Å². The Kier molecular flexibility index (Phi) is 1.73. The summed E-state index contributed by atoms with van der Waals surface area (Å²) in [7, 11) is 0. The van der Waals surface area contributed by atoms with E-state index < -0.39 is 0 Å². The quantitative estimate of drug-likeness (QED) is 0.561. The lowest BCUT2D eigenvalue weighted by Crippen LogP contribution is -2.35. The molecule has 0 radical (unpaired) electrons. The van der Waals surface area contributed by atoms with Gasteiger partial charge in [-0.3, -0.25) is 4.79 Å². The Morgan fingerprint density at radius 2 is 2.38 bits per heavy atom. The van der Waals surface area contributed by atoms with E-state index in [-0.39, 0.29) is 11.2 Å². The van der Waals surface area contributed by atoms with Crippen LogP contribution in [0, 0.1) is 11.3 Å². The molecule has 0 heterocycles. The van der Waals surface area contributed by atoms with Gasteiger partial charge in [0.2, 0.25) is 0 Å². The molecule has 2 bridgehead atoms. The summed E-state index contributed by atoms with van der Waals surface area (Å²) in [5.41, 5.74) is 2.48. The first-order valence-electron chi connectivity index (χ1n) is 4.94. The molecule has 3 aliphatic carbocycles. The molecule has 0 aromatic rings. The number of rotatable bonds is 1. The molecule has 0 saturated heterocycles. The van der Waals surface area contributed by atoms with Gasteiger partial charge in [-0.15, -0.1) is 0 Å². The molecule has 3 aliphatic rings. The topological polar surface area (TPSA) is 17.1 Å². The minimum Gasteiger partial charge on any atom is -0.295 e. The highest BCUT2D eigenvalue weighted by atomic mass is 16.1. The number of ketones is 1. The van der Waals surface area contributed by atoms with E-state index in [1.54, 1.807) is 6.92 Å². The lowest BCUT2D eigenvalue weighted by atomic mass is 9.59. The molecule has 0 amide bonds. The van der Waals surface area contributed by atoms with Crippen molar-refractivity contribution in [1.82, 2.24) is 0 Å². The summed E-state index contributed by atoms with van der Waals surface area (Å²) in [6.07, 6.45) is 5.51. The van der Waals surface area contributed by atoms with Crippen molar-refractivity contribution in [3.8, 4) is 0 Å². The van der Waals surface area contributed by atoms with Crippen LogP contribution < -0.4 is 0 Å². The van der Waals surface area contributed by atoms with E-state index in [1.807, 2.05) is 0 Å². The molecule has 1 saturated carbocycles. The molecule has 3 rings (SSSR count). The normalized spacial score (nSPS) is 37.5. The van der Waals surface area contributed by atoms with Crippen LogP contribution in [0.25, 0.3) is 0 Å². The van der Waals surface area contributed by atoms with Crippen molar-refractivity contribution in [2.75, 3.05) is 0 Å². The molecule has 1 heteroatoms. The van der Waals surface area contributed by atoms with Gasteiger partial charge >= 0.3 is 0 Å². The Bertz CT molecular complexity index is 311. The van der Waals surface area contributed by atoms with Gasteiger partial charge in [0.15, 0.2) is 5.78 Å². The first-order chi connectivity index (χ1) is 6.03. The predicted molar refractivity (Wildman–Crippen MR) is 53.4 cm³/mol. The van der Waals surface area contributed by atoms with Gasteiger partial charge in [-0.25, -0.2) is 0 Å². The Morgan fingerprint density at radius 1 is 1.69 bits per heavy atom. The van der Waals surface area contributed by atoms with Gasteiger partial charge in [0, 0.05) is 0 Å². The van der Waals surface area contributed by atoms with Crippen molar-refractivity contribution in [2.45, 2.75) is 33.1 Å². The molecule has 0 unspecified atom stereocenters. The molecular formula is C12H16O. The standard InChI is InChI=1S/C12H16O/c1-8-7-12(3)5-4-10(8)6-11(12)9(2)13/h6,10H,1,4-5,7H2,2-3H3/t10-,12-/m1/s1. The smallest absolute Gasteiger partial charge is 0.156 e. The van der Waals surface area contributed by atoms with Crippen LogP contribution >= 0.6 is 0 Å². The van der Waals surface area contributed by atoms with Crippen LogP contribution in [0.5, 0.6) is 0 Å². The highest BCUT2D eigenvalue weighted by molar-refractivity contribution is 5.95. The third-order valence-corrected chi connectivity index (χ3v) is 3.55. The fourth-order valence-electron chi connectivity index (χ4n) is 2.77. The van der Waals surface area contributed by atoms with E-state index >= 15 is 0 Å². The minimum atomic E-state index is 0.109. The zero-order valence-electron chi connectivity index (χ0n) is 8.39. The molecule has 0 aromatic heterocycles. The Morgan fingerprint density at radius 3 is 2.85 bits per heavy atom. The lowest BCUT2D eigenvalue weighted by Gasteiger charge is -2.44. The van der Waals surface area contributed by atoms with E-state index in [0.717, 1.165) is 18.4 Å². The molecule has 2 atom stereocenters. The minimum absolute atomic E-state index is 0.109. The van der Waals surface area contributed by atoms with Crippen LogP contribution in [0.15, 0.2) is 23.8 Å². The summed E-state index contributed by atoms with van der Waals surface area (Å²) < 4.78 is 0. The maximum atomic E-state index is 11.4. The van der Waals surface area contributed by atoms with Gasteiger partial charge in [-0.2, -0.15) is 0 Å². The molecule has 1 fully saturated rings. The number of carbonyl (C=O) groups excluding carboxylic acids is 1. The Hall–Kier alpha value is -0.850. The first kappa shape index (κ1) is 8.74. The highest BCUT2D eigenvalue weighted by Crippen LogP contribution is 2.51. The lowest BCUT2D eigenvalue weighted by molar-refractivity contribution is -0.115. The van der Waals surface area contributed by atoms with Gasteiger partial charge in [0.25, 0.3) is 0 Å². The first-order valence-corrected chi connectivity index (χ1v) is 4.94. The van der Waals surface area contributed by atoms with E-state index in [2.05, 4.69) is 19.6 Å². The summed E-state index contributed by atoms with van der Waals surface area (Å²) in [6, 6.07) is 0. The van der Waals surface area contributed by atoms with E-state index in [0.29, 0.717) is 5.92 Å². The summed E-state index contributed by atoms with van der Waals surface area (Å²) in [6.45, 7) is 7.96. The van der Waals surface area contributed by atoms with Crippen LogP contribution in [0.4, 0.5) is 0 Å². The monoisotopic (exact) mass is 176 g/mol. The maximum absolute atomic E-state index is 11.4. The molecule has 0 N–H and O–H groups in total. The van der Waals surface area contributed by atoms with Crippen molar-refractivity contribution in [3.63, 3.8) is 0 Å². The van der Waals surface area contributed by atoms with Crippen LogP contribution in [0.1, 0.15) is 33.1 Å². The fourth-order valence-corrected chi connectivity index (χ4v) is 2.77.